The van der Waals surface area contributed by atoms with Crippen molar-refractivity contribution in [3.8, 4) is 11.1 Å². The fourth-order valence-electron chi connectivity index (χ4n) is 6.37. The Balaban J connectivity index is 1.18. The van der Waals surface area contributed by atoms with E-state index in [1.54, 1.807) is 24.5 Å². The Labute approximate surface area is 266 Å². The van der Waals surface area contributed by atoms with Crippen molar-refractivity contribution < 1.29 is 19.4 Å². The standard InChI is InChI=1S/C38H43N3O4/c42-27-28-12-14-30(15-13-28)36-23-34(26-41-21-6-2-1-3-7-22-41)44-38(45-36)31-18-16-29(17-19-31)35-11-5-4-9-32(35)25-40-37(43)33-10-8-20-39-24-33/h4-5,8-20,24,34,36,38,42H,1-3,6-7,21-23,25-27H2,(H,40,43). The summed E-state index contributed by atoms with van der Waals surface area (Å²) in [6.07, 6.45) is 9.94. The van der Waals surface area contributed by atoms with Crippen molar-refractivity contribution in [2.24, 2.45) is 0 Å². The number of hydrogen-bond donors (Lipinski definition) is 2. The molecule has 0 aliphatic carbocycles. The first-order chi connectivity index (χ1) is 22.2. The predicted octanol–water partition coefficient (Wildman–Crippen LogP) is 6.98. The van der Waals surface area contributed by atoms with Gasteiger partial charge in [-0.25, -0.2) is 0 Å². The number of rotatable bonds is 9. The van der Waals surface area contributed by atoms with Crippen molar-refractivity contribution in [3.05, 3.63) is 125 Å². The number of aliphatic hydroxyl groups excluding tert-OH is 1. The molecule has 2 saturated heterocycles. The number of amides is 1. The molecule has 3 unspecified atom stereocenters. The molecule has 2 aliphatic rings. The third-order valence-corrected chi connectivity index (χ3v) is 8.90. The molecule has 2 fully saturated rings. The molecular formula is C38H43N3O4. The average molecular weight is 606 g/mol. The number of aromatic nitrogens is 1. The number of hydrogen-bond acceptors (Lipinski definition) is 6. The number of nitrogens with zero attached hydrogens (tertiary/aromatic N) is 2. The van der Waals surface area contributed by atoms with Gasteiger partial charge in [-0.2, -0.15) is 0 Å². The number of carbonyl (C=O) groups excluding carboxylic acids is 1. The fraction of sp³-hybridized carbons (Fsp3) is 0.368. The quantitative estimate of drug-likeness (QED) is 0.214. The number of aliphatic hydroxyl groups is 1. The molecule has 1 amide bonds. The minimum Gasteiger partial charge on any atom is -0.392 e. The zero-order valence-electron chi connectivity index (χ0n) is 25.8. The maximum atomic E-state index is 12.6. The third-order valence-electron chi connectivity index (χ3n) is 8.90. The Kier molecular flexibility index (Phi) is 10.7. The van der Waals surface area contributed by atoms with Gasteiger partial charge in [-0.3, -0.25) is 9.78 Å². The molecule has 4 aromatic rings. The molecule has 7 heteroatoms. The van der Waals surface area contributed by atoms with Crippen molar-refractivity contribution in [1.29, 1.82) is 0 Å². The summed E-state index contributed by atoms with van der Waals surface area (Å²) in [5.41, 5.74) is 6.69. The molecule has 0 saturated carbocycles. The normalized spacial score (nSPS) is 21.0. The number of benzene rings is 3. The second-order valence-electron chi connectivity index (χ2n) is 12.1. The molecule has 3 heterocycles. The lowest BCUT2D eigenvalue weighted by Gasteiger charge is -2.39. The van der Waals surface area contributed by atoms with Crippen LogP contribution >= 0.6 is 0 Å². The van der Waals surface area contributed by atoms with Gasteiger partial charge < -0.3 is 24.8 Å². The van der Waals surface area contributed by atoms with Crippen molar-refractivity contribution >= 4 is 5.91 Å². The Morgan fingerprint density at radius 3 is 2.31 bits per heavy atom. The van der Waals surface area contributed by atoms with Crippen LogP contribution in [-0.2, 0) is 22.6 Å². The van der Waals surface area contributed by atoms with Crippen LogP contribution in [-0.4, -0.2) is 46.6 Å². The van der Waals surface area contributed by atoms with Gasteiger partial charge in [-0.05, 0) is 65.9 Å². The highest BCUT2D eigenvalue weighted by atomic mass is 16.7. The molecule has 45 heavy (non-hydrogen) atoms. The Morgan fingerprint density at radius 2 is 1.58 bits per heavy atom. The molecule has 6 rings (SSSR count). The van der Waals surface area contributed by atoms with E-state index in [2.05, 4.69) is 57.7 Å². The first-order valence-corrected chi connectivity index (χ1v) is 16.3. The van der Waals surface area contributed by atoms with E-state index in [1.165, 1.54) is 32.1 Å². The summed E-state index contributed by atoms with van der Waals surface area (Å²) in [4.78, 5) is 19.3. The number of nitrogens with one attached hydrogen (secondary N) is 1. The lowest BCUT2D eigenvalue weighted by molar-refractivity contribution is -0.253. The highest BCUT2D eigenvalue weighted by Crippen LogP contribution is 2.39. The van der Waals surface area contributed by atoms with Crippen LogP contribution in [0.2, 0.25) is 0 Å². The van der Waals surface area contributed by atoms with Crippen molar-refractivity contribution in [2.45, 2.75) is 70.2 Å². The molecular weight excluding hydrogens is 562 g/mol. The molecule has 2 aliphatic heterocycles. The molecule has 3 aromatic carbocycles. The second kappa shape index (κ2) is 15.4. The van der Waals surface area contributed by atoms with Crippen LogP contribution in [0.1, 0.15) is 83.5 Å². The largest absolute Gasteiger partial charge is 0.392 e. The summed E-state index contributed by atoms with van der Waals surface area (Å²) >= 11 is 0. The molecule has 234 valence electrons. The topological polar surface area (TPSA) is 83.9 Å². The molecule has 3 atom stereocenters. The third kappa shape index (κ3) is 8.24. The summed E-state index contributed by atoms with van der Waals surface area (Å²) < 4.78 is 13.3. The van der Waals surface area contributed by atoms with Crippen molar-refractivity contribution in [1.82, 2.24) is 15.2 Å². The van der Waals surface area contributed by atoms with E-state index >= 15 is 0 Å². The predicted molar refractivity (Wildman–Crippen MR) is 175 cm³/mol. The van der Waals surface area contributed by atoms with E-state index < -0.39 is 6.29 Å². The minimum absolute atomic E-state index is 0.0292. The molecule has 0 radical (unpaired) electrons. The zero-order chi connectivity index (χ0) is 30.8. The number of pyridine rings is 1. The van der Waals surface area contributed by atoms with E-state index in [0.29, 0.717) is 12.1 Å². The first-order valence-electron chi connectivity index (χ1n) is 16.3. The van der Waals surface area contributed by atoms with Gasteiger partial charge in [-0.1, -0.05) is 92.1 Å². The minimum atomic E-state index is -0.482. The molecule has 1 aromatic heterocycles. The van der Waals surface area contributed by atoms with Crippen LogP contribution < -0.4 is 5.32 Å². The van der Waals surface area contributed by atoms with Crippen LogP contribution in [0.3, 0.4) is 0 Å². The van der Waals surface area contributed by atoms with Gasteiger partial charge in [0.25, 0.3) is 5.91 Å². The SMILES string of the molecule is O=C(NCc1ccccc1-c1ccc(C2OC(CN3CCCCCCC3)CC(c3ccc(CO)cc3)O2)cc1)c1cccnc1. The van der Waals surface area contributed by atoms with Crippen molar-refractivity contribution in [3.63, 3.8) is 0 Å². The fourth-order valence-corrected chi connectivity index (χ4v) is 6.37. The lowest BCUT2D eigenvalue weighted by Crippen LogP contribution is -2.40. The average Bonchev–Trinajstić information content (AvgIpc) is 3.09. The van der Waals surface area contributed by atoms with Gasteiger partial charge in [-0.15, -0.1) is 0 Å². The maximum Gasteiger partial charge on any atom is 0.253 e. The van der Waals surface area contributed by atoms with E-state index in [9.17, 15) is 9.90 Å². The van der Waals surface area contributed by atoms with Gasteiger partial charge >= 0.3 is 0 Å². The van der Waals surface area contributed by atoms with E-state index in [1.807, 2.05) is 30.3 Å². The van der Waals surface area contributed by atoms with Gasteiger partial charge in [0.1, 0.15) is 0 Å². The smallest absolute Gasteiger partial charge is 0.253 e. The Morgan fingerprint density at radius 1 is 0.844 bits per heavy atom. The molecule has 2 N–H and O–H groups in total. The van der Waals surface area contributed by atoms with Crippen LogP contribution in [0.25, 0.3) is 11.1 Å². The van der Waals surface area contributed by atoms with Gasteiger partial charge in [0.05, 0.1) is 24.4 Å². The Hall–Kier alpha value is -3.88. The van der Waals surface area contributed by atoms with Gasteiger partial charge in [0.2, 0.25) is 0 Å². The summed E-state index contributed by atoms with van der Waals surface area (Å²) in [6.45, 7) is 3.59. The molecule has 0 spiro atoms. The van der Waals surface area contributed by atoms with Crippen LogP contribution in [0.4, 0.5) is 0 Å². The van der Waals surface area contributed by atoms with E-state index in [-0.39, 0.29) is 24.7 Å². The first kappa shape index (κ1) is 31.1. The molecule has 0 bridgehead atoms. The van der Waals surface area contributed by atoms with E-state index in [4.69, 9.17) is 9.47 Å². The summed E-state index contributed by atoms with van der Waals surface area (Å²) in [5, 5.41) is 12.6. The van der Waals surface area contributed by atoms with Crippen LogP contribution in [0.5, 0.6) is 0 Å². The van der Waals surface area contributed by atoms with Crippen molar-refractivity contribution in [2.75, 3.05) is 19.6 Å². The zero-order valence-corrected chi connectivity index (χ0v) is 25.8. The van der Waals surface area contributed by atoms with Crippen LogP contribution in [0, 0.1) is 0 Å². The number of likely N-dealkylation sites (tertiary alicyclic amines) is 1. The Bertz CT molecular complexity index is 1500. The highest BCUT2D eigenvalue weighted by molar-refractivity contribution is 5.93. The summed E-state index contributed by atoms with van der Waals surface area (Å²) in [5.74, 6) is -0.148. The molecule has 7 nitrogen and oxygen atoms in total. The van der Waals surface area contributed by atoms with E-state index in [0.717, 1.165) is 59.4 Å². The monoisotopic (exact) mass is 605 g/mol. The second-order valence-corrected chi connectivity index (χ2v) is 12.1. The van der Waals surface area contributed by atoms with Gasteiger partial charge in [0, 0.05) is 37.5 Å². The highest BCUT2D eigenvalue weighted by Gasteiger charge is 2.33. The number of carbonyl (C=O) groups is 1. The summed E-state index contributed by atoms with van der Waals surface area (Å²) in [6, 6.07) is 28.1. The number of ether oxygens (including phenoxy) is 2. The maximum absolute atomic E-state index is 12.6. The van der Waals surface area contributed by atoms with Crippen LogP contribution in [0.15, 0.2) is 97.3 Å². The summed E-state index contributed by atoms with van der Waals surface area (Å²) in [7, 11) is 0. The lowest BCUT2D eigenvalue weighted by atomic mass is 9.97. The van der Waals surface area contributed by atoms with Gasteiger partial charge in [0.15, 0.2) is 6.29 Å².